The second-order valence-corrected chi connectivity index (χ2v) is 10.5. The lowest BCUT2D eigenvalue weighted by Gasteiger charge is -2.26. The molecule has 3 aromatic rings. The third-order valence-corrected chi connectivity index (χ3v) is 7.21. The molecule has 1 aliphatic carbocycles. The number of fused-ring (bicyclic) bond motifs is 1. The molecule has 5 nitrogen and oxygen atoms in total. The van der Waals surface area contributed by atoms with Crippen molar-refractivity contribution in [2.75, 3.05) is 25.5 Å². The standard InChI is InChI=1S/C17H23Cl2NO.C11H13N3/c1-12-2-4-14(5-3-12)11-20-17(21)9-7-13-6-8-15(18)16(19)10-13;1-8-12-10-7-5-4-6-9(10)11(13-8)14(2)3/h6,8,10,12,14H,2-5,7,9,11H2,1H3,(H,20,21);4-7H,1-3H3. The van der Waals surface area contributed by atoms with Crippen molar-refractivity contribution in [2.24, 2.45) is 11.8 Å². The van der Waals surface area contributed by atoms with Gasteiger partial charge in [-0.1, -0.05) is 61.2 Å². The number of nitrogens with zero attached hydrogens (tertiary/aromatic N) is 3. The number of hydrogen-bond donors (Lipinski definition) is 1. The van der Waals surface area contributed by atoms with E-state index in [4.69, 9.17) is 23.2 Å². The average molecular weight is 516 g/mol. The van der Waals surface area contributed by atoms with Gasteiger partial charge in [-0.05, 0) is 67.9 Å². The van der Waals surface area contributed by atoms with Crippen LogP contribution in [0.5, 0.6) is 0 Å². The number of aromatic nitrogens is 2. The summed E-state index contributed by atoms with van der Waals surface area (Å²) in [4.78, 5) is 22.7. The van der Waals surface area contributed by atoms with Crippen LogP contribution in [0, 0.1) is 18.8 Å². The largest absolute Gasteiger partial charge is 0.362 e. The Kier molecular flexibility index (Phi) is 10.2. The van der Waals surface area contributed by atoms with Gasteiger partial charge in [-0.3, -0.25) is 4.79 Å². The van der Waals surface area contributed by atoms with Gasteiger partial charge in [-0.15, -0.1) is 0 Å². The van der Waals surface area contributed by atoms with Crippen LogP contribution in [0.15, 0.2) is 42.5 Å². The number of anilines is 1. The summed E-state index contributed by atoms with van der Waals surface area (Å²) in [7, 11) is 3.99. The molecular formula is C28H36Cl2N4O. The lowest BCUT2D eigenvalue weighted by molar-refractivity contribution is -0.121. The highest BCUT2D eigenvalue weighted by Gasteiger charge is 2.18. The summed E-state index contributed by atoms with van der Waals surface area (Å²) in [5.74, 6) is 3.43. The zero-order chi connectivity index (χ0) is 25.4. The number of amides is 1. The summed E-state index contributed by atoms with van der Waals surface area (Å²) in [5.41, 5.74) is 2.05. The lowest BCUT2D eigenvalue weighted by Crippen LogP contribution is -2.31. The van der Waals surface area contributed by atoms with Gasteiger partial charge < -0.3 is 10.2 Å². The maximum Gasteiger partial charge on any atom is 0.220 e. The number of para-hydroxylation sites is 1. The molecule has 1 fully saturated rings. The van der Waals surface area contributed by atoms with Crippen LogP contribution < -0.4 is 10.2 Å². The molecule has 0 unspecified atom stereocenters. The van der Waals surface area contributed by atoms with Crippen LogP contribution in [0.2, 0.25) is 10.0 Å². The summed E-state index contributed by atoms with van der Waals surface area (Å²) < 4.78 is 0. The van der Waals surface area contributed by atoms with Crippen molar-refractivity contribution in [3.05, 3.63) is 63.9 Å². The Labute approximate surface area is 219 Å². The van der Waals surface area contributed by atoms with E-state index in [0.717, 1.165) is 40.6 Å². The predicted molar refractivity (Wildman–Crippen MR) is 148 cm³/mol. The molecule has 1 aromatic heterocycles. The Morgan fingerprint density at radius 3 is 2.43 bits per heavy atom. The van der Waals surface area contributed by atoms with E-state index in [0.29, 0.717) is 28.8 Å². The van der Waals surface area contributed by atoms with Crippen molar-refractivity contribution in [2.45, 2.75) is 52.4 Å². The molecule has 2 aromatic carbocycles. The molecule has 1 saturated carbocycles. The molecular weight excluding hydrogens is 479 g/mol. The quantitative estimate of drug-likeness (QED) is 0.389. The summed E-state index contributed by atoms with van der Waals surface area (Å²) >= 11 is 11.8. The minimum absolute atomic E-state index is 0.125. The molecule has 0 aliphatic heterocycles. The number of carbonyl (C=O) groups excluding carboxylic acids is 1. The van der Waals surface area contributed by atoms with Gasteiger partial charge in [0.2, 0.25) is 5.91 Å². The van der Waals surface area contributed by atoms with Gasteiger partial charge in [-0.25, -0.2) is 9.97 Å². The zero-order valence-electron chi connectivity index (χ0n) is 21.2. The number of benzene rings is 2. The van der Waals surface area contributed by atoms with Gasteiger partial charge in [-0.2, -0.15) is 0 Å². The van der Waals surface area contributed by atoms with E-state index in [2.05, 4.69) is 22.2 Å². The molecule has 1 aliphatic rings. The highest BCUT2D eigenvalue weighted by Crippen LogP contribution is 2.28. The van der Waals surface area contributed by atoms with Gasteiger partial charge in [0.1, 0.15) is 11.6 Å². The first kappa shape index (κ1) is 27.2. The smallest absolute Gasteiger partial charge is 0.220 e. The molecule has 1 N–H and O–H groups in total. The van der Waals surface area contributed by atoms with E-state index in [9.17, 15) is 4.79 Å². The molecule has 0 saturated heterocycles. The third-order valence-electron chi connectivity index (χ3n) is 6.47. The Balaban J connectivity index is 0.000000211. The van der Waals surface area contributed by atoms with Gasteiger partial charge >= 0.3 is 0 Å². The Morgan fingerprint density at radius 1 is 1.03 bits per heavy atom. The Hall–Kier alpha value is -2.37. The second-order valence-electron chi connectivity index (χ2n) is 9.68. The van der Waals surface area contributed by atoms with Crippen molar-refractivity contribution in [3.8, 4) is 0 Å². The molecule has 1 amide bonds. The molecule has 35 heavy (non-hydrogen) atoms. The highest BCUT2D eigenvalue weighted by atomic mass is 35.5. The van der Waals surface area contributed by atoms with Crippen LogP contribution >= 0.6 is 23.2 Å². The summed E-state index contributed by atoms with van der Waals surface area (Å²) in [6.45, 7) is 5.05. The fraction of sp³-hybridized carbons (Fsp3) is 0.464. The second kappa shape index (κ2) is 13.1. The van der Waals surface area contributed by atoms with Crippen molar-refractivity contribution in [1.29, 1.82) is 0 Å². The summed E-state index contributed by atoms with van der Waals surface area (Å²) in [6.07, 6.45) is 6.28. The minimum atomic E-state index is 0.125. The van der Waals surface area contributed by atoms with Crippen LogP contribution in [0.1, 0.15) is 50.4 Å². The average Bonchev–Trinajstić information content (AvgIpc) is 2.84. The lowest BCUT2D eigenvalue weighted by atomic mass is 9.83. The molecule has 0 radical (unpaired) electrons. The Morgan fingerprint density at radius 2 is 1.74 bits per heavy atom. The van der Waals surface area contributed by atoms with Crippen LogP contribution in [0.25, 0.3) is 10.9 Å². The number of rotatable bonds is 6. The monoisotopic (exact) mass is 514 g/mol. The van der Waals surface area contributed by atoms with Gasteiger partial charge in [0.05, 0.1) is 15.6 Å². The first-order valence-corrected chi connectivity index (χ1v) is 13.1. The molecule has 7 heteroatoms. The molecule has 0 atom stereocenters. The number of hydrogen-bond acceptors (Lipinski definition) is 4. The summed E-state index contributed by atoms with van der Waals surface area (Å²) in [5, 5.41) is 5.26. The van der Waals surface area contributed by atoms with E-state index in [1.165, 1.54) is 25.7 Å². The number of carbonyl (C=O) groups is 1. The van der Waals surface area contributed by atoms with Gasteiger partial charge in [0, 0.05) is 32.4 Å². The summed E-state index contributed by atoms with van der Waals surface area (Å²) in [6, 6.07) is 13.6. The third kappa shape index (κ3) is 8.36. The van der Waals surface area contributed by atoms with Gasteiger partial charge in [0.25, 0.3) is 0 Å². The van der Waals surface area contributed by atoms with E-state index < -0.39 is 0 Å². The van der Waals surface area contributed by atoms with Crippen molar-refractivity contribution >= 4 is 45.8 Å². The topological polar surface area (TPSA) is 58.1 Å². The van der Waals surface area contributed by atoms with Crippen LogP contribution in [0.4, 0.5) is 5.82 Å². The molecule has 1 heterocycles. The SMILES string of the molecule is CC1CCC(CNC(=O)CCc2ccc(Cl)c(Cl)c2)CC1.Cc1nc(N(C)C)c2ccccc2n1. The maximum atomic E-state index is 11.9. The minimum Gasteiger partial charge on any atom is -0.362 e. The first-order chi connectivity index (χ1) is 16.7. The van der Waals surface area contributed by atoms with Crippen LogP contribution in [-0.4, -0.2) is 36.5 Å². The molecule has 188 valence electrons. The van der Waals surface area contributed by atoms with Crippen molar-refractivity contribution in [3.63, 3.8) is 0 Å². The van der Waals surface area contributed by atoms with E-state index in [1.54, 1.807) is 6.07 Å². The van der Waals surface area contributed by atoms with E-state index >= 15 is 0 Å². The van der Waals surface area contributed by atoms with Gasteiger partial charge in [0.15, 0.2) is 0 Å². The fourth-order valence-corrected chi connectivity index (χ4v) is 4.67. The van der Waals surface area contributed by atoms with Crippen molar-refractivity contribution in [1.82, 2.24) is 15.3 Å². The number of aryl methyl sites for hydroxylation is 2. The first-order valence-electron chi connectivity index (χ1n) is 12.3. The van der Waals surface area contributed by atoms with E-state index in [-0.39, 0.29) is 5.91 Å². The number of nitrogens with one attached hydrogen (secondary N) is 1. The van der Waals surface area contributed by atoms with Crippen molar-refractivity contribution < 1.29 is 4.79 Å². The normalized spacial score (nSPS) is 17.4. The van der Waals surface area contributed by atoms with E-state index in [1.807, 2.05) is 62.3 Å². The molecule has 0 spiro atoms. The molecule has 4 rings (SSSR count). The number of halogens is 2. The predicted octanol–water partition coefficient (Wildman–Crippen LogP) is 6.87. The maximum absolute atomic E-state index is 11.9. The Bertz CT molecular complexity index is 1130. The fourth-order valence-electron chi connectivity index (χ4n) is 4.35. The molecule has 0 bridgehead atoms. The highest BCUT2D eigenvalue weighted by molar-refractivity contribution is 6.42. The van der Waals surface area contributed by atoms with Crippen LogP contribution in [-0.2, 0) is 11.2 Å². The zero-order valence-corrected chi connectivity index (χ0v) is 22.7. The van der Waals surface area contributed by atoms with Crippen LogP contribution in [0.3, 0.4) is 0 Å².